The van der Waals surface area contributed by atoms with E-state index in [-0.39, 0.29) is 0 Å². The van der Waals surface area contributed by atoms with Gasteiger partial charge in [-0.05, 0) is 24.0 Å². The maximum atomic E-state index is 4.52. The first-order valence-electron chi connectivity index (χ1n) is 5.82. The molecule has 0 spiro atoms. The SMILES string of the molecule is CCC(C)c1ccc(-c2ccccc2)nc1. The van der Waals surface area contributed by atoms with E-state index in [0.29, 0.717) is 5.92 Å². The summed E-state index contributed by atoms with van der Waals surface area (Å²) in [6.45, 7) is 4.44. The first-order chi connectivity index (χ1) is 7.81. The molecular weight excluding hydrogens is 194 g/mol. The first-order valence-corrected chi connectivity index (χ1v) is 5.82. The van der Waals surface area contributed by atoms with Crippen LogP contribution in [0.3, 0.4) is 0 Å². The fourth-order valence-electron chi connectivity index (χ4n) is 1.71. The predicted octanol–water partition coefficient (Wildman–Crippen LogP) is 4.26. The van der Waals surface area contributed by atoms with Crippen molar-refractivity contribution in [2.75, 3.05) is 0 Å². The molecule has 1 aromatic carbocycles. The molecule has 0 saturated heterocycles. The summed E-state index contributed by atoms with van der Waals surface area (Å²) < 4.78 is 0. The molecule has 0 fully saturated rings. The molecule has 2 rings (SSSR count). The Morgan fingerprint density at radius 2 is 1.81 bits per heavy atom. The molecule has 0 aliphatic rings. The second-order valence-electron chi connectivity index (χ2n) is 4.15. The number of hydrogen-bond acceptors (Lipinski definition) is 1. The number of aromatic nitrogens is 1. The summed E-state index contributed by atoms with van der Waals surface area (Å²) in [4.78, 5) is 4.52. The second-order valence-corrected chi connectivity index (χ2v) is 4.15. The predicted molar refractivity (Wildman–Crippen MR) is 68.4 cm³/mol. The fourth-order valence-corrected chi connectivity index (χ4v) is 1.71. The maximum absolute atomic E-state index is 4.52. The van der Waals surface area contributed by atoms with Crippen LogP contribution in [-0.2, 0) is 0 Å². The fraction of sp³-hybridized carbons (Fsp3) is 0.267. The van der Waals surface area contributed by atoms with Crippen molar-refractivity contribution in [2.24, 2.45) is 0 Å². The number of nitrogens with zero attached hydrogens (tertiary/aromatic N) is 1. The average Bonchev–Trinajstić information content (AvgIpc) is 2.39. The molecule has 1 aromatic heterocycles. The molecule has 0 bridgehead atoms. The Morgan fingerprint density at radius 1 is 1.06 bits per heavy atom. The van der Waals surface area contributed by atoms with E-state index in [1.54, 1.807) is 0 Å². The van der Waals surface area contributed by atoms with Gasteiger partial charge in [-0.3, -0.25) is 4.98 Å². The lowest BCUT2D eigenvalue weighted by molar-refractivity contribution is 0.730. The topological polar surface area (TPSA) is 12.9 Å². The highest BCUT2D eigenvalue weighted by atomic mass is 14.7. The minimum Gasteiger partial charge on any atom is -0.256 e. The molecule has 1 unspecified atom stereocenters. The number of hydrogen-bond donors (Lipinski definition) is 0. The standard InChI is InChI=1S/C15H17N/c1-3-12(2)14-9-10-15(16-11-14)13-7-5-4-6-8-13/h4-12H,3H2,1-2H3. The van der Waals surface area contributed by atoms with Gasteiger partial charge in [0.05, 0.1) is 5.69 Å². The summed E-state index contributed by atoms with van der Waals surface area (Å²) in [5.41, 5.74) is 3.55. The van der Waals surface area contributed by atoms with Gasteiger partial charge in [-0.1, -0.05) is 50.2 Å². The van der Waals surface area contributed by atoms with Crippen LogP contribution in [-0.4, -0.2) is 4.98 Å². The van der Waals surface area contributed by atoms with Crippen LogP contribution in [0.1, 0.15) is 31.7 Å². The molecule has 82 valence electrons. The van der Waals surface area contributed by atoms with Crippen LogP contribution in [0.15, 0.2) is 48.7 Å². The first kappa shape index (κ1) is 10.9. The van der Waals surface area contributed by atoms with Crippen LogP contribution >= 0.6 is 0 Å². The van der Waals surface area contributed by atoms with Crippen LogP contribution < -0.4 is 0 Å². The monoisotopic (exact) mass is 211 g/mol. The number of benzene rings is 1. The van der Waals surface area contributed by atoms with Crippen molar-refractivity contribution in [3.63, 3.8) is 0 Å². The van der Waals surface area contributed by atoms with Crippen LogP contribution in [0, 0.1) is 0 Å². The van der Waals surface area contributed by atoms with E-state index in [0.717, 1.165) is 12.1 Å². The Hall–Kier alpha value is -1.63. The zero-order chi connectivity index (χ0) is 11.4. The molecule has 0 saturated carbocycles. The van der Waals surface area contributed by atoms with Gasteiger partial charge in [0, 0.05) is 11.8 Å². The highest BCUT2D eigenvalue weighted by molar-refractivity contribution is 5.58. The molecule has 2 aromatic rings. The summed E-state index contributed by atoms with van der Waals surface area (Å²) in [6.07, 6.45) is 3.16. The van der Waals surface area contributed by atoms with Gasteiger partial charge in [-0.2, -0.15) is 0 Å². The van der Waals surface area contributed by atoms with Gasteiger partial charge < -0.3 is 0 Å². The molecule has 1 atom stereocenters. The van der Waals surface area contributed by atoms with Gasteiger partial charge in [0.1, 0.15) is 0 Å². The van der Waals surface area contributed by atoms with Gasteiger partial charge in [0.2, 0.25) is 0 Å². The van der Waals surface area contributed by atoms with E-state index in [9.17, 15) is 0 Å². The molecule has 16 heavy (non-hydrogen) atoms. The van der Waals surface area contributed by atoms with Crippen LogP contribution in [0.2, 0.25) is 0 Å². The molecule has 0 N–H and O–H groups in total. The molecule has 1 heterocycles. The van der Waals surface area contributed by atoms with Crippen molar-refractivity contribution in [2.45, 2.75) is 26.2 Å². The van der Waals surface area contributed by atoms with Gasteiger partial charge in [-0.25, -0.2) is 0 Å². The highest BCUT2D eigenvalue weighted by Crippen LogP contribution is 2.21. The normalized spacial score (nSPS) is 12.4. The molecule has 0 amide bonds. The summed E-state index contributed by atoms with van der Waals surface area (Å²) in [7, 11) is 0. The average molecular weight is 211 g/mol. The van der Waals surface area contributed by atoms with E-state index >= 15 is 0 Å². The summed E-state index contributed by atoms with van der Waals surface area (Å²) in [6, 6.07) is 14.6. The van der Waals surface area contributed by atoms with E-state index in [4.69, 9.17) is 0 Å². The van der Waals surface area contributed by atoms with Crippen molar-refractivity contribution in [1.82, 2.24) is 4.98 Å². The summed E-state index contributed by atoms with van der Waals surface area (Å²) in [5.74, 6) is 0.595. The van der Waals surface area contributed by atoms with Crippen molar-refractivity contribution >= 4 is 0 Å². The van der Waals surface area contributed by atoms with Gasteiger partial charge in [0.15, 0.2) is 0 Å². The summed E-state index contributed by atoms with van der Waals surface area (Å²) >= 11 is 0. The molecule has 1 heteroatoms. The Bertz CT molecular complexity index is 431. The Labute approximate surface area is 97.2 Å². The molecule has 1 nitrogen and oxygen atoms in total. The van der Waals surface area contributed by atoms with E-state index in [1.807, 2.05) is 24.4 Å². The van der Waals surface area contributed by atoms with E-state index in [2.05, 4.69) is 43.1 Å². The second kappa shape index (κ2) is 4.93. The van der Waals surface area contributed by atoms with Gasteiger partial charge >= 0.3 is 0 Å². The number of pyridine rings is 1. The third kappa shape index (κ3) is 2.30. The molecule has 0 aliphatic carbocycles. The van der Waals surface area contributed by atoms with Crippen LogP contribution in [0.4, 0.5) is 0 Å². The largest absolute Gasteiger partial charge is 0.256 e. The Morgan fingerprint density at radius 3 is 2.38 bits per heavy atom. The van der Waals surface area contributed by atoms with Gasteiger partial charge in [-0.15, -0.1) is 0 Å². The number of rotatable bonds is 3. The van der Waals surface area contributed by atoms with E-state index < -0.39 is 0 Å². The zero-order valence-corrected chi connectivity index (χ0v) is 9.85. The van der Waals surface area contributed by atoms with Crippen molar-refractivity contribution in [3.05, 3.63) is 54.2 Å². The quantitative estimate of drug-likeness (QED) is 0.739. The Balaban J connectivity index is 2.26. The summed E-state index contributed by atoms with van der Waals surface area (Å²) in [5, 5.41) is 0. The van der Waals surface area contributed by atoms with Crippen molar-refractivity contribution in [1.29, 1.82) is 0 Å². The third-order valence-corrected chi connectivity index (χ3v) is 3.04. The Kier molecular flexibility index (Phi) is 3.35. The molecule has 0 radical (unpaired) electrons. The maximum Gasteiger partial charge on any atom is 0.0702 e. The minimum atomic E-state index is 0.595. The molecular formula is C15H17N. The highest BCUT2D eigenvalue weighted by Gasteiger charge is 2.03. The molecule has 0 aliphatic heterocycles. The van der Waals surface area contributed by atoms with Crippen molar-refractivity contribution in [3.8, 4) is 11.3 Å². The van der Waals surface area contributed by atoms with Crippen LogP contribution in [0.25, 0.3) is 11.3 Å². The zero-order valence-electron chi connectivity index (χ0n) is 9.85. The van der Waals surface area contributed by atoms with Gasteiger partial charge in [0.25, 0.3) is 0 Å². The third-order valence-electron chi connectivity index (χ3n) is 3.04. The smallest absolute Gasteiger partial charge is 0.0702 e. The van der Waals surface area contributed by atoms with Crippen molar-refractivity contribution < 1.29 is 0 Å². The lowest BCUT2D eigenvalue weighted by atomic mass is 10.00. The minimum absolute atomic E-state index is 0.595. The van der Waals surface area contributed by atoms with E-state index in [1.165, 1.54) is 11.1 Å². The lowest BCUT2D eigenvalue weighted by Gasteiger charge is -2.08. The lowest BCUT2D eigenvalue weighted by Crippen LogP contribution is -1.93. The van der Waals surface area contributed by atoms with Crippen LogP contribution in [0.5, 0.6) is 0 Å².